The number of thioether (sulfide) groups is 1. The average molecular weight is 364 g/mol. The summed E-state index contributed by atoms with van der Waals surface area (Å²) in [6, 6.07) is 5.04. The van der Waals surface area contributed by atoms with Gasteiger partial charge in [0.2, 0.25) is 5.91 Å². The molecule has 2 amide bonds. The Morgan fingerprint density at radius 3 is 2.38 bits per heavy atom. The number of aldehydes is 1. The number of amides is 2. The molecule has 0 aliphatic carbocycles. The van der Waals surface area contributed by atoms with Crippen LogP contribution >= 0.6 is 24.0 Å². The number of hydrogen-bond donors (Lipinski definition) is 2. The number of rotatable bonds is 6. The van der Waals surface area contributed by atoms with Gasteiger partial charge in [0.1, 0.15) is 16.6 Å². The number of carbonyl (C=O) groups excluding carboxylic acids is 3. The summed E-state index contributed by atoms with van der Waals surface area (Å²) < 4.78 is 0.0458. The number of carboxylic acid groups (broad SMARTS) is 1. The van der Waals surface area contributed by atoms with E-state index in [1.807, 2.05) is 0 Å². The molecule has 1 aromatic carbocycles. The summed E-state index contributed by atoms with van der Waals surface area (Å²) in [6.07, 6.45) is 1.71. The van der Waals surface area contributed by atoms with Gasteiger partial charge in [-0.2, -0.15) is 0 Å². The van der Waals surface area contributed by atoms with E-state index in [4.69, 9.17) is 18.0 Å². The minimum absolute atomic E-state index is 0.0458. The SMILES string of the molecule is NC(=O)C[C@@H](C(=O)O)N1C(=O)/C(=C/c2ccc(C=O)cc2)SC1=S. The van der Waals surface area contributed by atoms with Crippen molar-refractivity contribution in [3.63, 3.8) is 0 Å². The molecule has 1 fully saturated rings. The molecule has 0 spiro atoms. The zero-order valence-electron chi connectivity index (χ0n) is 12.2. The number of carbonyl (C=O) groups is 4. The van der Waals surface area contributed by atoms with Crippen LogP contribution in [-0.2, 0) is 14.4 Å². The van der Waals surface area contributed by atoms with Gasteiger partial charge in [-0.15, -0.1) is 0 Å². The van der Waals surface area contributed by atoms with Crippen molar-refractivity contribution in [1.29, 1.82) is 0 Å². The van der Waals surface area contributed by atoms with Crippen LogP contribution in [0.15, 0.2) is 29.2 Å². The molecular weight excluding hydrogens is 352 g/mol. The van der Waals surface area contributed by atoms with Crippen molar-refractivity contribution in [3.05, 3.63) is 40.3 Å². The van der Waals surface area contributed by atoms with Crippen molar-refractivity contribution < 1.29 is 24.3 Å². The number of thiocarbonyl (C=S) groups is 1. The molecule has 1 saturated heterocycles. The second-order valence-corrected chi connectivity index (χ2v) is 6.54. The predicted octanol–water partition coefficient (Wildman–Crippen LogP) is 1.03. The summed E-state index contributed by atoms with van der Waals surface area (Å²) in [5.41, 5.74) is 6.19. The first-order valence-corrected chi connectivity index (χ1v) is 7.89. The third kappa shape index (κ3) is 3.87. The normalized spacial score (nSPS) is 17.2. The second-order valence-electron chi connectivity index (χ2n) is 4.86. The second kappa shape index (κ2) is 7.37. The van der Waals surface area contributed by atoms with Crippen molar-refractivity contribution in [2.45, 2.75) is 12.5 Å². The smallest absolute Gasteiger partial charge is 0.327 e. The van der Waals surface area contributed by atoms with Crippen molar-refractivity contribution in [2.75, 3.05) is 0 Å². The molecule has 1 aliphatic rings. The molecule has 1 aromatic rings. The molecule has 1 heterocycles. The zero-order valence-corrected chi connectivity index (χ0v) is 13.8. The van der Waals surface area contributed by atoms with E-state index in [1.54, 1.807) is 24.3 Å². The van der Waals surface area contributed by atoms with Crippen molar-refractivity contribution >= 4 is 58.4 Å². The molecular formula is C15H12N2O5S2. The highest BCUT2D eigenvalue weighted by Gasteiger charge is 2.41. The Kier molecular flexibility index (Phi) is 5.47. The minimum Gasteiger partial charge on any atom is -0.480 e. The monoisotopic (exact) mass is 364 g/mol. The topological polar surface area (TPSA) is 118 Å². The molecule has 7 nitrogen and oxygen atoms in total. The maximum absolute atomic E-state index is 12.4. The lowest BCUT2D eigenvalue weighted by Crippen LogP contribution is -2.46. The predicted molar refractivity (Wildman–Crippen MR) is 92.1 cm³/mol. The van der Waals surface area contributed by atoms with Crippen molar-refractivity contribution in [1.82, 2.24) is 4.90 Å². The Hall–Kier alpha value is -2.52. The average Bonchev–Trinajstić information content (AvgIpc) is 2.79. The van der Waals surface area contributed by atoms with Gasteiger partial charge in [0.05, 0.1) is 11.3 Å². The third-order valence-corrected chi connectivity index (χ3v) is 4.52. The molecule has 0 unspecified atom stereocenters. The first-order valence-electron chi connectivity index (χ1n) is 6.67. The maximum Gasteiger partial charge on any atom is 0.327 e. The first kappa shape index (κ1) is 17.8. The van der Waals surface area contributed by atoms with E-state index >= 15 is 0 Å². The van der Waals surface area contributed by atoms with E-state index in [2.05, 4.69) is 0 Å². The van der Waals surface area contributed by atoms with Gasteiger partial charge in [0, 0.05) is 5.56 Å². The van der Waals surface area contributed by atoms with Gasteiger partial charge < -0.3 is 10.8 Å². The summed E-state index contributed by atoms with van der Waals surface area (Å²) in [4.78, 5) is 46.6. The summed E-state index contributed by atoms with van der Waals surface area (Å²) in [7, 11) is 0. The fourth-order valence-electron chi connectivity index (χ4n) is 2.05. The van der Waals surface area contributed by atoms with E-state index in [0.29, 0.717) is 17.4 Å². The maximum atomic E-state index is 12.4. The highest BCUT2D eigenvalue weighted by Crippen LogP contribution is 2.34. The van der Waals surface area contributed by atoms with Gasteiger partial charge in [-0.25, -0.2) is 4.79 Å². The van der Waals surface area contributed by atoms with Crippen LogP contribution in [0.1, 0.15) is 22.3 Å². The molecule has 0 saturated carbocycles. The summed E-state index contributed by atoms with van der Waals surface area (Å²) in [5, 5.41) is 9.23. The van der Waals surface area contributed by atoms with Gasteiger partial charge >= 0.3 is 5.97 Å². The van der Waals surface area contributed by atoms with E-state index < -0.39 is 30.2 Å². The number of primary amides is 1. The highest BCUT2D eigenvalue weighted by molar-refractivity contribution is 8.26. The van der Waals surface area contributed by atoms with Gasteiger partial charge in [-0.05, 0) is 11.6 Å². The van der Waals surface area contributed by atoms with Crippen molar-refractivity contribution in [3.8, 4) is 0 Å². The zero-order chi connectivity index (χ0) is 17.9. The molecule has 24 heavy (non-hydrogen) atoms. The lowest BCUT2D eigenvalue weighted by atomic mass is 10.1. The van der Waals surface area contributed by atoms with E-state index in [1.165, 1.54) is 6.08 Å². The standard InChI is InChI=1S/C15H12N2O5S2/c16-12(19)6-10(14(21)22)17-13(20)11(24-15(17)23)5-8-1-3-9(7-18)4-2-8/h1-5,7,10H,6H2,(H2,16,19)(H,21,22)/b11-5-/t10-/m0/s1. The molecule has 1 aliphatic heterocycles. The number of carboxylic acids is 1. The highest BCUT2D eigenvalue weighted by atomic mass is 32.2. The number of nitrogens with zero attached hydrogens (tertiary/aromatic N) is 1. The van der Waals surface area contributed by atoms with E-state index in [-0.39, 0.29) is 9.23 Å². The van der Waals surface area contributed by atoms with Crippen LogP contribution in [0.2, 0.25) is 0 Å². The number of hydrogen-bond acceptors (Lipinski definition) is 6. The summed E-state index contributed by atoms with van der Waals surface area (Å²) in [5.74, 6) is -2.80. The van der Waals surface area contributed by atoms with Crippen LogP contribution in [0.4, 0.5) is 0 Å². The van der Waals surface area contributed by atoms with E-state index in [9.17, 15) is 24.3 Å². The van der Waals surface area contributed by atoms with Gasteiger partial charge in [0.25, 0.3) is 5.91 Å². The molecule has 2 rings (SSSR count). The van der Waals surface area contributed by atoms with Crippen molar-refractivity contribution in [2.24, 2.45) is 5.73 Å². The van der Waals surface area contributed by atoms with Crippen LogP contribution < -0.4 is 5.73 Å². The third-order valence-electron chi connectivity index (χ3n) is 3.19. The van der Waals surface area contributed by atoms with Gasteiger partial charge in [-0.3, -0.25) is 19.3 Å². The molecule has 0 bridgehead atoms. The quantitative estimate of drug-likeness (QED) is 0.440. The number of nitrogens with two attached hydrogens (primary N) is 1. The number of aliphatic carboxylic acids is 1. The molecule has 124 valence electrons. The Morgan fingerprint density at radius 1 is 1.29 bits per heavy atom. The molecule has 1 atom stereocenters. The Labute approximate surface area is 146 Å². The van der Waals surface area contributed by atoms with Crippen LogP contribution in [0.25, 0.3) is 6.08 Å². The van der Waals surface area contributed by atoms with Gasteiger partial charge in [-0.1, -0.05) is 48.2 Å². The lowest BCUT2D eigenvalue weighted by molar-refractivity contribution is -0.146. The Balaban J connectivity index is 2.29. The number of benzene rings is 1. The largest absolute Gasteiger partial charge is 0.480 e. The van der Waals surface area contributed by atoms with Crippen LogP contribution in [0.5, 0.6) is 0 Å². The molecule has 0 radical (unpaired) electrons. The Morgan fingerprint density at radius 2 is 1.88 bits per heavy atom. The minimum atomic E-state index is -1.43. The summed E-state index contributed by atoms with van der Waals surface area (Å²) in [6.45, 7) is 0. The lowest BCUT2D eigenvalue weighted by Gasteiger charge is -2.21. The van der Waals surface area contributed by atoms with Crippen LogP contribution in [0, 0.1) is 0 Å². The van der Waals surface area contributed by atoms with Gasteiger partial charge in [0.15, 0.2) is 0 Å². The first-order chi connectivity index (χ1) is 11.3. The van der Waals surface area contributed by atoms with Crippen LogP contribution in [-0.4, -0.2) is 44.4 Å². The fraction of sp³-hybridized carbons (Fsp3) is 0.133. The molecule has 3 N–H and O–H groups in total. The van der Waals surface area contributed by atoms with Crippen LogP contribution in [0.3, 0.4) is 0 Å². The van der Waals surface area contributed by atoms with E-state index in [0.717, 1.165) is 16.7 Å². The Bertz CT molecular complexity index is 758. The fourth-order valence-corrected chi connectivity index (χ4v) is 3.41. The molecule has 0 aromatic heterocycles. The molecule has 9 heteroatoms. The summed E-state index contributed by atoms with van der Waals surface area (Å²) >= 11 is 6.01.